The third-order valence-corrected chi connectivity index (χ3v) is 2.35. The van der Waals surface area contributed by atoms with Crippen LogP contribution in [0.2, 0.25) is 0 Å². The lowest BCUT2D eigenvalue weighted by Crippen LogP contribution is -1.87. The number of rotatable bonds is 1. The number of benzene rings is 2. The van der Waals surface area contributed by atoms with E-state index in [1.807, 2.05) is 12.1 Å². The molecule has 1 heteroatoms. The molecule has 0 nitrogen and oxygen atoms in total. The highest BCUT2D eigenvalue weighted by molar-refractivity contribution is 7.27. The Kier molecular flexibility index (Phi) is 2.42. The van der Waals surface area contributed by atoms with E-state index in [0.717, 1.165) is 0 Å². The molecule has 0 bridgehead atoms. The van der Waals surface area contributed by atoms with Gasteiger partial charge in [0.05, 0.1) is 0 Å². The van der Waals surface area contributed by atoms with E-state index in [-0.39, 0.29) is 0 Å². The lowest BCUT2D eigenvalue weighted by Gasteiger charge is -2.00. The Morgan fingerprint density at radius 1 is 0.769 bits per heavy atom. The SMILES string of the molecule is Pc1ccc(-c2cc[c]cc2)cc1. The molecule has 0 amide bonds. The van der Waals surface area contributed by atoms with E-state index < -0.39 is 0 Å². The zero-order chi connectivity index (χ0) is 9.10. The Morgan fingerprint density at radius 2 is 1.31 bits per heavy atom. The van der Waals surface area contributed by atoms with Crippen molar-refractivity contribution in [1.82, 2.24) is 0 Å². The summed E-state index contributed by atoms with van der Waals surface area (Å²) in [4.78, 5) is 0. The van der Waals surface area contributed by atoms with Gasteiger partial charge in [-0.15, -0.1) is 9.24 Å². The van der Waals surface area contributed by atoms with Crippen molar-refractivity contribution in [3.05, 3.63) is 54.6 Å². The first-order valence-electron chi connectivity index (χ1n) is 4.18. The van der Waals surface area contributed by atoms with Gasteiger partial charge in [0.2, 0.25) is 0 Å². The fourth-order valence-corrected chi connectivity index (χ4v) is 1.45. The highest BCUT2D eigenvalue weighted by atomic mass is 31.0. The van der Waals surface area contributed by atoms with Crippen LogP contribution in [0.25, 0.3) is 11.1 Å². The molecule has 0 aliphatic carbocycles. The van der Waals surface area contributed by atoms with E-state index in [9.17, 15) is 0 Å². The quantitative estimate of drug-likeness (QED) is 0.599. The molecule has 0 heterocycles. The second-order valence-corrected chi connectivity index (χ2v) is 3.58. The van der Waals surface area contributed by atoms with E-state index >= 15 is 0 Å². The maximum atomic E-state index is 3.01. The summed E-state index contributed by atoms with van der Waals surface area (Å²) in [5.41, 5.74) is 2.49. The first-order valence-corrected chi connectivity index (χ1v) is 4.76. The molecular formula is C12H10P. The van der Waals surface area contributed by atoms with Gasteiger partial charge in [0, 0.05) is 0 Å². The summed E-state index contributed by atoms with van der Waals surface area (Å²) in [7, 11) is 2.68. The minimum atomic E-state index is 1.21. The van der Waals surface area contributed by atoms with Gasteiger partial charge >= 0.3 is 0 Å². The van der Waals surface area contributed by atoms with Crippen molar-refractivity contribution in [1.29, 1.82) is 0 Å². The molecule has 1 unspecified atom stereocenters. The molecule has 1 atom stereocenters. The minimum Gasteiger partial charge on any atom is -0.106 e. The first kappa shape index (κ1) is 8.47. The van der Waals surface area contributed by atoms with Crippen molar-refractivity contribution in [2.45, 2.75) is 0 Å². The van der Waals surface area contributed by atoms with Gasteiger partial charge in [0.15, 0.2) is 0 Å². The molecule has 13 heavy (non-hydrogen) atoms. The third-order valence-electron chi connectivity index (χ3n) is 1.96. The summed E-state index contributed by atoms with van der Waals surface area (Å²) in [6.07, 6.45) is 0. The summed E-state index contributed by atoms with van der Waals surface area (Å²) in [6, 6.07) is 19.4. The average molecular weight is 185 g/mol. The minimum absolute atomic E-state index is 1.21. The van der Waals surface area contributed by atoms with Gasteiger partial charge in [-0.3, -0.25) is 0 Å². The summed E-state index contributed by atoms with van der Waals surface area (Å²) in [5.74, 6) is 0. The molecule has 0 fully saturated rings. The van der Waals surface area contributed by atoms with Crippen molar-refractivity contribution in [2.24, 2.45) is 0 Å². The van der Waals surface area contributed by atoms with Crippen molar-refractivity contribution in [2.75, 3.05) is 0 Å². The molecule has 0 saturated heterocycles. The van der Waals surface area contributed by atoms with Crippen LogP contribution in [-0.2, 0) is 0 Å². The van der Waals surface area contributed by atoms with Crippen LogP contribution in [0.5, 0.6) is 0 Å². The van der Waals surface area contributed by atoms with E-state index in [2.05, 4.69) is 51.7 Å². The molecule has 0 saturated carbocycles. The standard InChI is InChI=1S/C12H10P/c13-12-8-6-11(7-9-12)10-4-2-1-3-5-10/h2-9H,13H2. The van der Waals surface area contributed by atoms with Crippen molar-refractivity contribution in [3.8, 4) is 11.1 Å². The first-order chi connectivity index (χ1) is 6.36. The van der Waals surface area contributed by atoms with Crippen LogP contribution in [0.3, 0.4) is 0 Å². The van der Waals surface area contributed by atoms with Gasteiger partial charge < -0.3 is 0 Å². The van der Waals surface area contributed by atoms with Crippen molar-refractivity contribution >= 4 is 14.5 Å². The van der Waals surface area contributed by atoms with Crippen LogP contribution >= 0.6 is 9.24 Å². The van der Waals surface area contributed by atoms with E-state index in [1.165, 1.54) is 16.4 Å². The highest BCUT2D eigenvalue weighted by Crippen LogP contribution is 2.17. The normalized spacial score (nSPS) is 9.92. The van der Waals surface area contributed by atoms with Crippen LogP contribution < -0.4 is 5.30 Å². The molecule has 2 aromatic carbocycles. The average Bonchev–Trinajstić information content (AvgIpc) is 2.20. The molecule has 0 spiro atoms. The van der Waals surface area contributed by atoms with Gasteiger partial charge in [-0.2, -0.15) is 0 Å². The lowest BCUT2D eigenvalue weighted by atomic mass is 10.1. The maximum absolute atomic E-state index is 3.01. The van der Waals surface area contributed by atoms with Crippen LogP contribution in [0.4, 0.5) is 0 Å². The molecule has 0 N–H and O–H groups in total. The number of hydrogen-bond donors (Lipinski definition) is 0. The predicted octanol–water partition coefficient (Wildman–Crippen LogP) is 2.65. The van der Waals surface area contributed by atoms with Crippen LogP contribution in [0.1, 0.15) is 0 Å². The Bertz CT molecular complexity index is 376. The molecule has 1 radical (unpaired) electrons. The maximum Gasteiger partial charge on any atom is -0.0184 e. The Labute approximate surface area is 80.8 Å². The van der Waals surface area contributed by atoms with Crippen molar-refractivity contribution < 1.29 is 0 Å². The van der Waals surface area contributed by atoms with Crippen LogP contribution in [-0.4, -0.2) is 0 Å². The zero-order valence-electron chi connectivity index (χ0n) is 7.20. The van der Waals surface area contributed by atoms with E-state index in [1.54, 1.807) is 0 Å². The van der Waals surface area contributed by atoms with E-state index in [0.29, 0.717) is 0 Å². The molecular weight excluding hydrogens is 175 g/mol. The third kappa shape index (κ3) is 1.96. The predicted molar refractivity (Wildman–Crippen MR) is 60.1 cm³/mol. The zero-order valence-corrected chi connectivity index (χ0v) is 8.35. The van der Waals surface area contributed by atoms with Crippen LogP contribution in [0, 0.1) is 6.07 Å². The molecule has 0 aromatic heterocycles. The topological polar surface area (TPSA) is 0 Å². The summed E-state index contributed by atoms with van der Waals surface area (Å²) >= 11 is 0. The van der Waals surface area contributed by atoms with Gasteiger partial charge in [0.25, 0.3) is 0 Å². The van der Waals surface area contributed by atoms with Gasteiger partial charge in [-0.05, 0) is 22.5 Å². The van der Waals surface area contributed by atoms with Crippen molar-refractivity contribution in [3.63, 3.8) is 0 Å². The molecule has 0 aliphatic rings. The fraction of sp³-hybridized carbons (Fsp3) is 0. The number of hydrogen-bond acceptors (Lipinski definition) is 0. The van der Waals surface area contributed by atoms with Gasteiger partial charge in [-0.25, -0.2) is 0 Å². The molecule has 63 valence electrons. The monoisotopic (exact) mass is 185 g/mol. The molecule has 2 aromatic rings. The fourth-order valence-electron chi connectivity index (χ4n) is 1.25. The second-order valence-electron chi connectivity index (χ2n) is 2.91. The largest absolute Gasteiger partial charge is 0.106 e. The van der Waals surface area contributed by atoms with Crippen LogP contribution in [0.15, 0.2) is 48.5 Å². The molecule has 0 aliphatic heterocycles. The highest BCUT2D eigenvalue weighted by Gasteiger charge is 1.94. The Morgan fingerprint density at radius 3 is 1.92 bits per heavy atom. The summed E-state index contributed by atoms with van der Waals surface area (Å²) < 4.78 is 0. The smallest absolute Gasteiger partial charge is 0.0184 e. The van der Waals surface area contributed by atoms with Gasteiger partial charge in [0.1, 0.15) is 0 Å². The summed E-state index contributed by atoms with van der Waals surface area (Å²) in [5, 5.41) is 1.21. The summed E-state index contributed by atoms with van der Waals surface area (Å²) in [6.45, 7) is 0. The Hall–Kier alpha value is -1.13. The van der Waals surface area contributed by atoms with E-state index in [4.69, 9.17) is 0 Å². The van der Waals surface area contributed by atoms with Gasteiger partial charge in [-0.1, -0.05) is 48.5 Å². The Balaban J connectivity index is 2.42. The lowest BCUT2D eigenvalue weighted by molar-refractivity contribution is 1.63. The second kappa shape index (κ2) is 3.72. The molecule has 2 rings (SSSR count).